The second kappa shape index (κ2) is 6.95. The zero-order valence-electron chi connectivity index (χ0n) is 11.2. The first-order chi connectivity index (χ1) is 10.0. The van der Waals surface area contributed by atoms with Crippen LogP contribution in [0.2, 0.25) is 0 Å². The molecule has 3 nitrogen and oxygen atoms in total. The lowest BCUT2D eigenvalue weighted by Crippen LogP contribution is -2.24. The topological polar surface area (TPSA) is 49.3 Å². The zero-order chi connectivity index (χ0) is 15.2. The molecule has 0 spiro atoms. The number of carbonyl (C=O) groups is 1. The monoisotopic (exact) mass is 291 g/mol. The average molecular weight is 291 g/mol. The predicted molar refractivity (Wildman–Crippen MR) is 74.2 cm³/mol. The molecular formula is C16H15F2NO2. The van der Waals surface area contributed by atoms with Gasteiger partial charge in [-0.3, -0.25) is 4.79 Å². The molecular weight excluding hydrogens is 276 g/mol. The van der Waals surface area contributed by atoms with E-state index in [1.54, 1.807) is 18.2 Å². The molecule has 2 rings (SSSR count). The number of carbonyl (C=O) groups excluding carboxylic acids is 1. The summed E-state index contributed by atoms with van der Waals surface area (Å²) in [6.07, 6.45) is -1.22. The molecule has 0 heterocycles. The fourth-order valence-corrected chi connectivity index (χ4v) is 1.88. The van der Waals surface area contributed by atoms with Crippen LogP contribution in [-0.2, 0) is 11.3 Å². The van der Waals surface area contributed by atoms with Crippen LogP contribution in [0.4, 0.5) is 8.78 Å². The lowest BCUT2D eigenvalue weighted by atomic mass is 10.1. The number of rotatable bonds is 5. The molecule has 0 aliphatic rings. The summed E-state index contributed by atoms with van der Waals surface area (Å²) in [5.41, 5.74) is 1.11. The van der Waals surface area contributed by atoms with Gasteiger partial charge in [0.05, 0.1) is 12.5 Å². The highest BCUT2D eigenvalue weighted by molar-refractivity contribution is 5.76. The van der Waals surface area contributed by atoms with Crippen molar-refractivity contribution >= 4 is 5.91 Å². The molecule has 2 aromatic carbocycles. The Labute approximate surface area is 121 Å². The summed E-state index contributed by atoms with van der Waals surface area (Å²) in [4.78, 5) is 11.7. The molecule has 2 N–H and O–H groups in total. The summed E-state index contributed by atoms with van der Waals surface area (Å²) in [6, 6.07) is 11.2. The van der Waals surface area contributed by atoms with E-state index in [9.17, 15) is 18.7 Å². The number of hydrogen-bond donors (Lipinski definition) is 2. The minimum atomic E-state index is -1.06. The summed E-state index contributed by atoms with van der Waals surface area (Å²) in [5, 5.41) is 12.5. The Morgan fingerprint density at radius 1 is 1.10 bits per heavy atom. The van der Waals surface area contributed by atoms with Crippen LogP contribution in [0.5, 0.6) is 0 Å². The van der Waals surface area contributed by atoms with Crippen molar-refractivity contribution in [3.63, 3.8) is 0 Å². The van der Waals surface area contributed by atoms with Crippen LogP contribution in [0.1, 0.15) is 23.7 Å². The third-order valence-corrected chi connectivity index (χ3v) is 3.02. The van der Waals surface area contributed by atoms with Crippen molar-refractivity contribution in [1.29, 1.82) is 0 Å². The fraction of sp³-hybridized carbons (Fsp3) is 0.188. The molecule has 5 heteroatoms. The van der Waals surface area contributed by atoms with Gasteiger partial charge in [-0.25, -0.2) is 8.78 Å². The molecule has 0 aromatic heterocycles. The maximum atomic E-state index is 13.0. The van der Waals surface area contributed by atoms with Gasteiger partial charge < -0.3 is 10.4 Å². The molecule has 0 fully saturated rings. The SMILES string of the molecule is O=C(CC(O)c1cccc(F)c1)NCc1ccc(F)cc1. The van der Waals surface area contributed by atoms with Crippen LogP contribution >= 0.6 is 0 Å². The molecule has 110 valence electrons. The van der Waals surface area contributed by atoms with E-state index in [2.05, 4.69) is 5.32 Å². The van der Waals surface area contributed by atoms with E-state index in [0.29, 0.717) is 5.56 Å². The fourth-order valence-electron chi connectivity index (χ4n) is 1.88. The van der Waals surface area contributed by atoms with Crippen molar-refractivity contribution in [2.24, 2.45) is 0 Å². The molecule has 0 saturated heterocycles. The molecule has 0 saturated carbocycles. The molecule has 1 atom stereocenters. The van der Waals surface area contributed by atoms with Crippen molar-refractivity contribution in [3.05, 3.63) is 71.3 Å². The summed E-state index contributed by atoms with van der Waals surface area (Å²) >= 11 is 0. The number of aliphatic hydroxyl groups is 1. The first-order valence-electron chi connectivity index (χ1n) is 6.49. The Bertz CT molecular complexity index is 614. The van der Waals surface area contributed by atoms with Gasteiger partial charge in [-0.05, 0) is 35.4 Å². The third-order valence-electron chi connectivity index (χ3n) is 3.02. The quantitative estimate of drug-likeness (QED) is 0.890. The number of hydrogen-bond acceptors (Lipinski definition) is 2. The van der Waals surface area contributed by atoms with Crippen LogP contribution < -0.4 is 5.32 Å². The first kappa shape index (κ1) is 15.1. The van der Waals surface area contributed by atoms with Gasteiger partial charge in [0.25, 0.3) is 0 Å². The zero-order valence-corrected chi connectivity index (χ0v) is 11.2. The minimum absolute atomic E-state index is 0.162. The Hall–Kier alpha value is -2.27. The van der Waals surface area contributed by atoms with Crippen LogP contribution in [0.3, 0.4) is 0 Å². The van der Waals surface area contributed by atoms with Crippen LogP contribution in [0.15, 0.2) is 48.5 Å². The molecule has 0 aliphatic carbocycles. The Balaban J connectivity index is 1.85. The smallest absolute Gasteiger partial charge is 0.223 e. The summed E-state index contributed by atoms with van der Waals surface area (Å²) < 4.78 is 25.8. The second-order valence-corrected chi connectivity index (χ2v) is 4.68. The largest absolute Gasteiger partial charge is 0.388 e. The normalized spacial score (nSPS) is 12.0. The van der Waals surface area contributed by atoms with E-state index in [1.165, 1.54) is 30.3 Å². The van der Waals surface area contributed by atoms with Crippen molar-refractivity contribution in [2.45, 2.75) is 19.1 Å². The Kier molecular flexibility index (Phi) is 5.00. The summed E-state index contributed by atoms with van der Waals surface area (Å²) in [5.74, 6) is -1.17. The minimum Gasteiger partial charge on any atom is -0.388 e. The lowest BCUT2D eigenvalue weighted by molar-refractivity contribution is -0.123. The maximum absolute atomic E-state index is 13.0. The van der Waals surface area contributed by atoms with Crippen LogP contribution in [-0.4, -0.2) is 11.0 Å². The van der Waals surface area contributed by atoms with E-state index < -0.39 is 11.9 Å². The Morgan fingerprint density at radius 2 is 1.81 bits per heavy atom. The van der Waals surface area contributed by atoms with E-state index in [1.807, 2.05) is 0 Å². The summed E-state index contributed by atoms with van der Waals surface area (Å²) in [7, 11) is 0. The number of amides is 1. The second-order valence-electron chi connectivity index (χ2n) is 4.68. The molecule has 21 heavy (non-hydrogen) atoms. The van der Waals surface area contributed by atoms with Gasteiger partial charge >= 0.3 is 0 Å². The summed E-state index contributed by atoms with van der Waals surface area (Å²) in [6.45, 7) is 0.245. The van der Waals surface area contributed by atoms with E-state index >= 15 is 0 Å². The maximum Gasteiger partial charge on any atom is 0.223 e. The van der Waals surface area contributed by atoms with E-state index in [-0.39, 0.29) is 24.7 Å². The highest BCUT2D eigenvalue weighted by atomic mass is 19.1. The van der Waals surface area contributed by atoms with Gasteiger partial charge in [0, 0.05) is 6.54 Å². The highest BCUT2D eigenvalue weighted by Gasteiger charge is 2.13. The third kappa shape index (κ3) is 4.65. The molecule has 1 amide bonds. The Morgan fingerprint density at radius 3 is 2.48 bits per heavy atom. The first-order valence-corrected chi connectivity index (χ1v) is 6.49. The highest BCUT2D eigenvalue weighted by Crippen LogP contribution is 2.17. The molecule has 0 bridgehead atoms. The number of nitrogens with one attached hydrogen (secondary N) is 1. The standard InChI is InChI=1S/C16H15F2NO2/c17-13-6-4-11(5-7-13)10-19-16(21)9-15(20)12-2-1-3-14(18)8-12/h1-8,15,20H,9-10H2,(H,19,21). The number of halogens is 2. The van der Waals surface area contributed by atoms with Gasteiger partial charge in [-0.1, -0.05) is 24.3 Å². The molecule has 1 unspecified atom stereocenters. The molecule has 0 radical (unpaired) electrons. The van der Waals surface area contributed by atoms with Gasteiger partial charge in [0.1, 0.15) is 11.6 Å². The van der Waals surface area contributed by atoms with E-state index in [0.717, 1.165) is 5.56 Å². The number of aliphatic hydroxyl groups excluding tert-OH is 1. The van der Waals surface area contributed by atoms with Crippen molar-refractivity contribution in [2.75, 3.05) is 0 Å². The van der Waals surface area contributed by atoms with Crippen LogP contribution in [0.25, 0.3) is 0 Å². The van der Waals surface area contributed by atoms with Crippen molar-refractivity contribution in [3.8, 4) is 0 Å². The predicted octanol–water partition coefficient (Wildman–Crippen LogP) is 2.70. The average Bonchev–Trinajstić information content (AvgIpc) is 2.46. The molecule has 2 aromatic rings. The molecule has 0 aliphatic heterocycles. The van der Waals surface area contributed by atoms with Crippen molar-refractivity contribution < 1.29 is 18.7 Å². The lowest BCUT2D eigenvalue weighted by Gasteiger charge is -2.11. The van der Waals surface area contributed by atoms with Gasteiger partial charge in [0.2, 0.25) is 5.91 Å². The van der Waals surface area contributed by atoms with Crippen LogP contribution in [0, 0.1) is 11.6 Å². The van der Waals surface area contributed by atoms with E-state index in [4.69, 9.17) is 0 Å². The van der Waals surface area contributed by atoms with Crippen molar-refractivity contribution in [1.82, 2.24) is 5.32 Å². The number of benzene rings is 2. The van der Waals surface area contributed by atoms with Gasteiger partial charge in [-0.2, -0.15) is 0 Å². The van der Waals surface area contributed by atoms with Gasteiger partial charge in [-0.15, -0.1) is 0 Å². The van der Waals surface area contributed by atoms with Gasteiger partial charge in [0.15, 0.2) is 0 Å².